The quantitative estimate of drug-likeness (QED) is 0.768. The van der Waals surface area contributed by atoms with Crippen LogP contribution in [0, 0.1) is 6.92 Å². The predicted molar refractivity (Wildman–Crippen MR) is 101 cm³/mol. The smallest absolute Gasteiger partial charge is 0.261 e. The molecule has 9 nitrogen and oxygen atoms in total. The summed E-state index contributed by atoms with van der Waals surface area (Å²) >= 11 is 0. The number of imide groups is 1. The number of anilines is 1. The maximum Gasteiger partial charge on any atom is 0.261 e. The molecule has 1 N–H and O–H groups in total. The van der Waals surface area contributed by atoms with Crippen LogP contribution in [0.1, 0.15) is 45.7 Å². The third-order valence-corrected chi connectivity index (χ3v) is 5.18. The first kappa shape index (κ1) is 18.9. The van der Waals surface area contributed by atoms with Crippen LogP contribution in [0.5, 0.6) is 0 Å². The topological polar surface area (TPSA) is 113 Å². The van der Waals surface area contributed by atoms with E-state index in [1.807, 2.05) is 0 Å². The van der Waals surface area contributed by atoms with E-state index in [9.17, 15) is 19.2 Å². The van der Waals surface area contributed by atoms with Crippen molar-refractivity contribution < 1.29 is 23.7 Å². The molecule has 3 heterocycles. The van der Waals surface area contributed by atoms with Crippen LogP contribution in [0.4, 0.5) is 5.82 Å². The molecule has 1 fully saturated rings. The minimum Gasteiger partial charge on any atom is -0.360 e. The van der Waals surface area contributed by atoms with Gasteiger partial charge >= 0.3 is 0 Å². The fourth-order valence-electron chi connectivity index (χ4n) is 3.77. The van der Waals surface area contributed by atoms with Gasteiger partial charge in [-0.05, 0) is 31.9 Å². The van der Waals surface area contributed by atoms with Gasteiger partial charge in [0.1, 0.15) is 11.8 Å². The summed E-state index contributed by atoms with van der Waals surface area (Å²) in [7, 11) is 0. The molecule has 1 aromatic heterocycles. The van der Waals surface area contributed by atoms with Crippen molar-refractivity contribution in [2.24, 2.45) is 0 Å². The number of nitrogens with one attached hydrogen (secondary N) is 1. The van der Waals surface area contributed by atoms with E-state index in [1.165, 1.54) is 4.90 Å². The molecule has 1 aromatic carbocycles. The Morgan fingerprint density at radius 2 is 1.90 bits per heavy atom. The molecular formula is C20H20N4O5. The third-order valence-electron chi connectivity index (χ3n) is 5.18. The molecule has 0 spiro atoms. The van der Waals surface area contributed by atoms with Gasteiger partial charge in [-0.3, -0.25) is 24.1 Å². The van der Waals surface area contributed by atoms with Crippen LogP contribution in [0.2, 0.25) is 0 Å². The highest BCUT2D eigenvalue weighted by Crippen LogP contribution is 2.24. The molecule has 0 radical (unpaired) electrons. The summed E-state index contributed by atoms with van der Waals surface area (Å²) in [4.78, 5) is 52.7. The fraction of sp³-hybridized carbons (Fsp3) is 0.350. The van der Waals surface area contributed by atoms with E-state index in [4.69, 9.17) is 4.52 Å². The minimum atomic E-state index is -0.610. The number of hydrogen-bond acceptors (Lipinski definition) is 6. The molecular weight excluding hydrogens is 376 g/mol. The Labute approximate surface area is 166 Å². The second-order valence-electron chi connectivity index (χ2n) is 7.11. The van der Waals surface area contributed by atoms with Crippen LogP contribution in [-0.2, 0) is 9.59 Å². The molecule has 0 aliphatic carbocycles. The predicted octanol–water partition coefficient (Wildman–Crippen LogP) is 1.60. The zero-order valence-electron chi connectivity index (χ0n) is 15.9. The zero-order chi connectivity index (χ0) is 20.5. The van der Waals surface area contributed by atoms with Gasteiger partial charge in [-0.15, -0.1) is 0 Å². The van der Waals surface area contributed by atoms with Crippen molar-refractivity contribution in [1.29, 1.82) is 0 Å². The number of nitrogens with zero attached hydrogens (tertiary/aromatic N) is 3. The van der Waals surface area contributed by atoms with Gasteiger partial charge in [0.15, 0.2) is 5.82 Å². The Morgan fingerprint density at radius 3 is 2.52 bits per heavy atom. The van der Waals surface area contributed by atoms with Gasteiger partial charge < -0.3 is 14.7 Å². The SMILES string of the molecule is Cc1cc(NC(=O)[C@@H]2CCCN2C(=O)CCN2C(=O)c3ccccc3C2=O)no1. The summed E-state index contributed by atoms with van der Waals surface area (Å²) in [5.74, 6) is -0.509. The van der Waals surface area contributed by atoms with E-state index >= 15 is 0 Å². The van der Waals surface area contributed by atoms with E-state index in [-0.39, 0.29) is 24.8 Å². The zero-order valence-corrected chi connectivity index (χ0v) is 15.9. The Morgan fingerprint density at radius 1 is 1.21 bits per heavy atom. The Kier molecular flexibility index (Phi) is 4.87. The maximum absolute atomic E-state index is 12.7. The van der Waals surface area contributed by atoms with Gasteiger partial charge in [0.2, 0.25) is 11.8 Å². The van der Waals surface area contributed by atoms with Crippen molar-refractivity contribution in [3.63, 3.8) is 0 Å². The number of likely N-dealkylation sites (tertiary alicyclic amines) is 1. The average molecular weight is 396 g/mol. The van der Waals surface area contributed by atoms with E-state index < -0.39 is 17.9 Å². The molecule has 0 unspecified atom stereocenters. The van der Waals surface area contributed by atoms with Gasteiger partial charge in [-0.2, -0.15) is 0 Å². The third kappa shape index (κ3) is 3.51. The van der Waals surface area contributed by atoms with Gasteiger partial charge in [-0.25, -0.2) is 0 Å². The van der Waals surface area contributed by atoms with E-state index in [0.717, 1.165) is 4.90 Å². The van der Waals surface area contributed by atoms with Crippen molar-refractivity contribution in [1.82, 2.24) is 15.0 Å². The number of fused-ring (bicyclic) bond motifs is 1. The van der Waals surface area contributed by atoms with Crippen molar-refractivity contribution in [2.45, 2.75) is 32.2 Å². The first-order valence-electron chi connectivity index (χ1n) is 9.44. The molecule has 29 heavy (non-hydrogen) atoms. The molecule has 4 amide bonds. The molecule has 2 aliphatic heterocycles. The minimum absolute atomic E-state index is 0.0154. The van der Waals surface area contributed by atoms with E-state index in [1.54, 1.807) is 37.3 Å². The summed E-state index contributed by atoms with van der Waals surface area (Å²) < 4.78 is 4.93. The second-order valence-corrected chi connectivity index (χ2v) is 7.11. The van der Waals surface area contributed by atoms with Gasteiger partial charge in [-0.1, -0.05) is 17.3 Å². The van der Waals surface area contributed by atoms with E-state index in [0.29, 0.717) is 42.1 Å². The number of aromatic nitrogens is 1. The highest BCUT2D eigenvalue weighted by Gasteiger charge is 2.37. The lowest BCUT2D eigenvalue weighted by molar-refractivity contribution is -0.136. The monoisotopic (exact) mass is 396 g/mol. The highest BCUT2D eigenvalue weighted by molar-refractivity contribution is 6.21. The summed E-state index contributed by atoms with van der Waals surface area (Å²) in [5, 5.41) is 6.39. The normalized spacial score (nSPS) is 18.3. The molecule has 1 saturated heterocycles. The molecule has 4 rings (SSSR count). The van der Waals surface area contributed by atoms with Gasteiger partial charge in [0.25, 0.3) is 11.8 Å². The summed E-state index contributed by atoms with van der Waals surface area (Å²) in [5.41, 5.74) is 0.706. The van der Waals surface area contributed by atoms with E-state index in [2.05, 4.69) is 10.5 Å². The first-order chi connectivity index (χ1) is 14.0. The van der Waals surface area contributed by atoms with Crippen LogP contribution in [0.15, 0.2) is 34.9 Å². The Bertz CT molecular complexity index is 963. The average Bonchev–Trinajstić information content (AvgIpc) is 3.41. The molecule has 0 bridgehead atoms. The number of amides is 4. The van der Waals surface area contributed by atoms with Crippen molar-refractivity contribution in [2.75, 3.05) is 18.4 Å². The lowest BCUT2D eigenvalue weighted by Crippen LogP contribution is -2.44. The summed E-state index contributed by atoms with van der Waals surface area (Å²) in [6.45, 7) is 2.16. The first-order valence-corrected chi connectivity index (χ1v) is 9.44. The second kappa shape index (κ2) is 7.50. The summed E-state index contributed by atoms with van der Waals surface area (Å²) in [6, 6.07) is 7.58. The van der Waals surface area contributed by atoms with Crippen molar-refractivity contribution in [3.05, 3.63) is 47.2 Å². The number of carbonyl (C=O) groups excluding carboxylic acids is 4. The fourth-order valence-corrected chi connectivity index (χ4v) is 3.77. The largest absolute Gasteiger partial charge is 0.360 e. The number of benzene rings is 1. The molecule has 9 heteroatoms. The van der Waals surface area contributed by atoms with Crippen LogP contribution in [0.25, 0.3) is 0 Å². The molecule has 150 valence electrons. The number of hydrogen-bond donors (Lipinski definition) is 1. The number of carbonyl (C=O) groups is 4. The maximum atomic E-state index is 12.7. The molecule has 1 atom stereocenters. The van der Waals surface area contributed by atoms with Crippen LogP contribution < -0.4 is 5.32 Å². The number of rotatable bonds is 5. The molecule has 2 aliphatic rings. The Hall–Kier alpha value is -3.49. The van der Waals surface area contributed by atoms with Gasteiger partial charge in [0.05, 0.1) is 11.1 Å². The Balaban J connectivity index is 1.37. The van der Waals surface area contributed by atoms with Crippen LogP contribution in [0.3, 0.4) is 0 Å². The van der Waals surface area contributed by atoms with Crippen LogP contribution in [-0.4, -0.2) is 57.7 Å². The van der Waals surface area contributed by atoms with Crippen LogP contribution >= 0.6 is 0 Å². The van der Waals surface area contributed by atoms with Crippen molar-refractivity contribution >= 4 is 29.4 Å². The standard InChI is InChI=1S/C20H20N4O5/c1-12-11-16(22-29-12)21-18(26)15-7-4-9-23(15)17(25)8-10-24-19(27)13-5-2-3-6-14(13)20(24)28/h2-3,5-6,11,15H,4,7-10H2,1H3,(H,21,22,26)/t15-/m0/s1. The molecule has 0 saturated carbocycles. The molecule has 2 aromatic rings. The van der Waals surface area contributed by atoms with Crippen molar-refractivity contribution in [3.8, 4) is 0 Å². The number of aryl methyl sites for hydroxylation is 1. The van der Waals surface area contributed by atoms with Gasteiger partial charge in [0, 0.05) is 25.6 Å². The highest BCUT2D eigenvalue weighted by atomic mass is 16.5. The lowest BCUT2D eigenvalue weighted by Gasteiger charge is -2.24. The summed E-state index contributed by atoms with van der Waals surface area (Å²) in [6.07, 6.45) is 1.22. The lowest BCUT2D eigenvalue weighted by atomic mass is 10.1.